The van der Waals surface area contributed by atoms with Crippen LogP contribution in [0.4, 0.5) is 0 Å². The highest BCUT2D eigenvalue weighted by Gasteiger charge is 2.29. The van der Waals surface area contributed by atoms with E-state index in [1.807, 2.05) is 38.1 Å². The number of aryl methyl sites for hydroxylation is 2. The monoisotopic (exact) mass is 484 g/mol. The molecule has 32 heavy (non-hydrogen) atoms. The Morgan fingerprint density at radius 3 is 2.56 bits per heavy atom. The zero-order valence-electron chi connectivity index (χ0n) is 18.4. The van der Waals surface area contributed by atoms with Crippen LogP contribution in [-0.4, -0.2) is 18.1 Å². The topological polar surface area (TPSA) is 48.1 Å². The number of rotatable bonds is 6. The van der Waals surface area contributed by atoms with Crippen LogP contribution in [0.3, 0.4) is 0 Å². The highest BCUT2D eigenvalue weighted by Crippen LogP contribution is 2.40. The molecule has 1 saturated carbocycles. The molecule has 0 saturated heterocycles. The highest BCUT2D eigenvalue weighted by atomic mass is 35.5. The number of halogens is 2. The summed E-state index contributed by atoms with van der Waals surface area (Å²) in [5, 5.41) is 2.10. The Morgan fingerprint density at radius 2 is 1.91 bits per heavy atom. The third-order valence-corrected chi connectivity index (χ3v) is 7.35. The summed E-state index contributed by atoms with van der Waals surface area (Å²) < 4.78 is 5.37. The zero-order chi connectivity index (χ0) is 22.8. The zero-order valence-corrected chi connectivity index (χ0v) is 20.7. The normalized spacial score (nSPS) is 15.1. The first-order valence-electron chi connectivity index (χ1n) is 10.7. The summed E-state index contributed by atoms with van der Waals surface area (Å²) in [6, 6.07) is 11.6. The molecule has 3 aromatic rings. The Labute approximate surface area is 203 Å². The van der Waals surface area contributed by atoms with Gasteiger partial charge in [0.05, 0.1) is 23.9 Å². The van der Waals surface area contributed by atoms with Gasteiger partial charge < -0.3 is 10.5 Å². The molecule has 3 nitrogen and oxygen atoms in total. The van der Waals surface area contributed by atoms with E-state index in [2.05, 4.69) is 24.0 Å². The summed E-state index contributed by atoms with van der Waals surface area (Å²) >= 11 is 14.2. The van der Waals surface area contributed by atoms with E-state index in [1.54, 1.807) is 18.4 Å². The SMILES string of the molecule is COc1cc(Cl)c(-c2nc(C#C[C@@H](N)C(CC3CC3)c3ccc(Cl)cc3)sc2C)cc1C. The molecule has 2 aromatic carbocycles. The predicted octanol–water partition coefficient (Wildman–Crippen LogP) is 7.01. The summed E-state index contributed by atoms with van der Waals surface area (Å²) in [5.74, 6) is 8.20. The molecular weight excluding hydrogens is 459 g/mol. The first-order chi connectivity index (χ1) is 15.4. The summed E-state index contributed by atoms with van der Waals surface area (Å²) in [7, 11) is 1.64. The molecule has 1 aliphatic carbocycles. The molecule has 0 bridgehead atoms. The fourth-order valence-electron chi connectivity index (χ4n) is 3.92. The maximum atomic E-state index is 6.58. The van der Waals surface area contributed by atoms with Crippen molar-refractivity contribution in [2.24, 2.45) is 11.7 Å². The third kappa shape index (κ3) is 5.30. The van der Waals surface area contributed by atoms with E-state index < -0.39 is 0 Å². The van der Waals surface area contributed by atoms with Crippen molar-refractivity contribution in [3.8, 4) is 28.8 Å². The van der Waals surface area contributed by atoms with E-state index in [-0.39, 0.29) is 12.0 Å². The summed E-state index contributed by atoms with van der Waals surface area (Å²) in [5.41, 5.74) is 10.5. The van der Waals surface area contributed by atoms with Crippen LogP contribution >= 0.6 is 34.5 Å². The largest absolute Gasteiger partial charge is 0.496 e. The van der Waals surface area contributed by atoms with Crippen LogP contribution in [0, 0.1) is 31.6 Å². The van der Waals surface area contributed by atoms with Gasteiger partial charge in [0.15, 0.2) is 5.01 Å². The minimum Gasteiger partial charge on any atom is -0.496 e. The quantitative estimate of drug-likeness (QED) is 0.382. The van der Waals surface area contributed by atoms with Crippen molar-refractivity contribution in [2.75, 3.05) is 7.11 Å². The number of aromatic nitrogens is 1. The number of hydrogen-bond acceptors (Lipinski definition) is 4. The fraction of sp³-hybridized carbons (Fsp3) is 0.346. The van der Waals surface area contributed by atoms with Gasteiger partial charge in [-0.2, -0.15) is 0 Å². The van der Waals surface area contributed by atoms with Crippen LogP contribution in [0.2, 0.25) is 10.0 Å². The average Bonchev–Trinajstić information content (AvgIpc) is 3.52. The molecule has 1 aliphatic rings. The van der Waals surface area contributed by atoms with Crippen molar-refractivity contribution < 1.29 is 4.74 Å². The molecule has 1 heterocycles. The van der Waals surface area contributed by atoms with Gasteiger partial charge in [0.2, 0.25) is 0 Å². The first-order valence-corrected chi connectivity index (χ1v) is 12.3. The van der Waals surface area contributed by atoms with Crippen LogP contribution in [-0.2, 0) is 0 Å². The average molecular weight is 485 g/mol. The fourth-order valence-corrected chi connectivity index (χ4v) is 5.08. The Bertz CT molecular complexity index is 1170. The van der Waals surface area contributed by atoms with Gasteiger partial charge in [-0.15, -0.1) is 11.3 Å². The van der Waals surface area contributed by atoms with Gasteiger partial charge in [-0.05, 0) is 67.5 Å². The second-order valence-electron chi connectivity index (χ2n) is 8.36. The van der Waals surface area contributed by atoms with Gasteiger partial charge in [0, 0.05) is 21.4 Å². The molecule has 2 atom stereocenters. The van der Waals surface area contributed by atoms with E-state index in [1.165, 1.54) is 18.4 Å². The van der Waals surface area contributed by atoms with Gasteiger partial charge in [0.25, 0.3) is 0 Å². The molecule has 1 aromatic heterocycles. The summed E-state index contributed by atoms with van der Waals surface area (Å²) in [6.07, 6.45) is 3.61. The Morgan fingerprint density at radius 1 is 1.19 bits per heavy atom. The molecular formula is C26H26Cl2N2OS. The maximum Gasteiger partial charge on any atom is 0.167 e. The van der Waals surface area contributed by atoms with Crippen molar-refractivity contribution >= 4 is 34.5 Å². The molecule has 1 unspecified atom stereocenters. The van der Waals surface area contributed by atoms with Gasteiger partial charge in [-0.3, -0.25) is 0 Å². The number of benzene rings is 2. The number of nitrogens with two attached hydrogens (primary N) is 1. The maximum absolute atomic E-state index is 6.58. The van der Waals surface area contributed by atoms with Crippen LogP contribution in [0.5, 0.6) is 5.75 Å². The van der Waals surface area contributed by atoms with Crippen molar-refractivity contribution in [2.45, 2.75) is 45.1 Å². The standard InChI is InChI=1S/C26H26Cl2N2OS/c1-15-12-21(22(28)14-24(15)31-3)26-16(2)32-25(30-26)11-10-23(29)20(13-17-4-5-17)18-6-8-19(27)9-7-18/h6-9,12,14,17,20,23H,4-5,13,29H2,1-3H3/t20?,23-/m1/s1. The van der Waals surface area contributed by atoms with Crippen LogP contribution in [0.25, 0.3) is 11.3 Å². The van der Waals surface area contributed by atoms with E-state index in [4.69, 9.17) is 38.7 Å². The molecule has 6 heteroatoms. The van der Waals surface area contributed by atoms with Crippen molar-refractivity contribution in [3.63, 3.8) is 0 Å². The molecule has 2 N–H and O–H groups in total. The molecule has 4 rings (SSSR count). The van der Waals surface area contributed by atoms with Crippen molar-refractivity contribution in [1.29, 1.82) is 0 Å². The molecule has 0 amide bonds. The van der Waals surface area contributed by atoms with Crippen LogP contribution < -0.4 is 10.5 Å². The van der Waals surface area contributed by atoms with Crippen molar-refractivity contribution in [3.05, 3.63) is 67.5 Å². The predicted molar refractivity (Wildman–Crippen MR) is 135 cm³/mol. The number of methoxy groups -OCH3 is 1. The van der Waals surface area contributed by atoms with Gasteiger partial charge in [-0.25, -0.2) is 4.98 Å². The lowest BCUT2D eigenvalue weighted by Crippen LogP contribution is -2.27. The number of nitrogens with zero attached hydrogens (tertiary/aromatic N) is 1. The lowest BCUT2D eigenvalue weighted by Gasteiger charge is -2.20. The van der Waals surface area contributed by atoms with Gasteiger partial charge >= 0.3 is 0 Å². The number of ether oxygens (including phenoxy) is 1. The Balaban J connectivity index is 1.59. The molecule has 0 aliphatic heterocycles. The first kappa shape index (κ1) is 23.1. The minimum absolute atomic E-state index is 0.187. The third-order valence-electron chi connectivity index (χ3n) is 5.90. The van der Waals surface area contributed by atoms with Gasteiger partial charge in [-0.1, -0.05) is 54.1 Å². The number of hydrogen-bond donors (Lipinski definition) is 1. The Kier molecular flexibility index (Phi) is 7.12. The Hall–Kier alpha value is -2.03. The number of thiazole rings is 1. The van der Waals surface area contributed by atoms with Gasteiger partial charge in [0.1, 0.15) is 5.75 Å². The highest BCUT2D eigenvalue weighted by molar-refractivity contribution is 7.12. The minimum atomic E-state index is -0.267. The molecule has 166 valence electrons. The smallest absolute Gasteiger partial charge is 0.167 e. The van der Waals surface area contributed by atoms with E-state index >= 15 is 0 Å². The van der Waals surface area contributed by atoms with E-state index in [0.717, 1.165) is 49.8 Å². The molecule has 0 radical (unpaired) electrons. The van der Waals surface area contributed by atoms with E-state index in [9.17, 15) is 0 Å². The van der Waals surface area contributed by atoms with E-state index in [0.29, 0.717) is 5.02 Å². The second-order valence-corrected chi connectivity index (χ2v) is 10.4. The van der Waals surface area contributed by atoms with Crippen molar-refractivity contribution in [1.82, 2.24) is 4.98 Å². The lowest BCUT2D eigenvalue weighted by molar-refractivity contribution is 0.412. The van der Waals surface area contributed by atoms with Crippen LogP contribution in [0.15, 0.2) is 36.4 Å². The summed E-state index contributed by atoms with van der Waals surface area (Å²) in [4.78, 5) is 5.84. The lowest BCUT2D eigenvalue weighted by atomic mass is 9.87. The van der Waals surface area contributed by atoms with Crippen LogP contribution in [0.1, 0.15) is 46.2 Å². The molecule has 0 spiro atoms. The second kappa shape index (κ2) is 9.85. The summed E-state index contributed by atoms with van der Waals surface area (Å²) in [6.45, 7) is 4.04. The molecule has 1 fully saturated rings.